The topological polar surface area (TPSA) is 75.6 Å². The van der Waals surface area contributed by atoms with Gasteiger partial charge in [-0.2, -0.15) is 0 Å². The van der Waals surface area contributed by atoms with Crippen molar-refractivity contribution in [3.05, 3.63) is 42.2 Å². The van der Waals surface area contributed by atoms with E-state index in [0.29, 0.717) is 45.1 Å². The summed E-state index contributed by atoms with van der Waals surface area (Å²) in [5.41, 5.74) is 2.27. The first-order valence-corrected chi connectivity index (χ1v) is 9.76. The van der Waals surface area contributed by atoms with Crippen molar-refractivity contribution in [2.45, 2.75) is 12.8 Å². The van der Waals surface area contributed by atoms with Crippen molar-refractivity contribution < 1.29 is 14.3 Å². The molecule has 2 saturated heterocycles. The number of aromatic nitrogens is 2. The van der Waals surface area contributed by atoms with E-state index in [2.05, 4.69) is 9.97 Å². The van der Waals surface area contributed by atoms with Crippen LogP contribution in [0.2, 0.25) is 0 Å². The Kier molecular flexibility index (Phi) is 5.62. The number of hydrogen-bond acceptors (Lipinski definition) is 5. The molecule has 2 fully saturated rings. The molecule has 7 heteroatoms. The number of hydrogen-bond donors (Lipinski definition) is 0. The molecular formula is C21H24N4O3. The lowest BCUT2D eigenvalue weighted by molar-refractivity contribution is -0.143. The molecule has 146 valence electrons. The zero-order valence-corrected chi connectivity index (χ0v) is 15.8. The van der Waals surface area contributed by atoms with Gasteiger partial charge in [0.1, 0.15) is 0 Å². The minimum absolute atomic E-state index is 0.0885. The van der Waals surface area contributed by atoms with Crippen molar-refractivity contribution in [1.82, 2.24) is 19.8 Å². The van der Waals surface area contributed by atoms with Gasteiger partial charge in [-0.05, 0) is 31.1 Å². The van der Waals surface area contributed by atoms with Crippen LogP contribution >= 0.6 is 0 Å². The summed E-state index contributed by atoms with van der Waals surface area (Å²) < 4.78 is 5.32. The lowest BCUT2D eigenvalue weighted by atomic mass is 9.96. The Hall–Kier alpha value is -2.80. The molecule has 0 aliphatic carbocycles. The fourth-order valence-corrected chi connectivity index (χ4v) is 3.73. The van der Waals surface area contributed by atoms with Crippen LogP contribution in [-0.4, -0.2) is 71.0 Å². The molecule has 3 heterocycles. The number of likely N-dealkylation sites (tertiary alicyclic amines) is 1. The molecule has 0 saturated carbocycles. The normalized spacial score (nSPS) is 20.6. The zero-order valence-electron chi connectivity index (χ0n) is 15.8. The fourth-order valence-electron chi connectivity index (χ4n) is 3.73. The lowest BCUT2D eigenvalue weighted by Crippen LogP contribution is -2.49. The van der Waals surface area contributed by atoms with Crippen LogP contribution < -0.4 is 0 Å². The number of carbonyl (C=O) groups is 2. The predicted molar refractivity (Wildman–Crippen MR) is 105 cm³/mol. The van der Waals surface area contributed by atoms with Gasteiger partial charge in [-0.15, -0.1) is 0 Å². The second kappa shape index (κ2) is 8.48. The van der Waals surface area contributed by atoms with Crippen LogP contribution in [-0.2, 0) is 14.3 Å². The summed E-state index contributed by atoms with van der Waals surface area (Å²) in [6.45, 7) is 3.63. The number of fused-ring (bicyclic) bond motifs is 1. The molecule has 1 aromatic heterocycles. The summed E-state index contributed by atoms with van der Waals surface area (Å²) in [5, 5.41) is 0. The number of para-hydroxylation sites is 2. The van der Waals surface area contributed by atoms with Crippen LogP contribution in [0, 0.1) is 5.92 Å². The van der Waals surface area contributed by atoms with Gasteiger partial charge in [0, 0.05) is 32.3 Å². The molecule has 0 N–H and O–H groups in total. The first kappa shape index (κ1) is 18.6. The van der Waals surface area contributed by atoms with Gasteiger partial charge in [0.25, 0.3) is 0 Å². The molecule has 7 nitrogen and oxygen atoms in total. The lowest BCUT2D eigenvalue weighted by Gasteiger charge is -2.35. The maximum absolute atomic E-state index is 12.7. The first-order chi connectivity index (χ1) is 13.7. The molecule has 0 bridgehead atoms. The number of benzene rings is 1. The van der Waals surface area contributed by atoms with Gasteiger partial charge in [0.15, 0.2) is 0 Å². The molecule has 1 unspecified atom stereocenters. The second-order valence-corrected chi connectivity index (χ2v) is 7.18. The summed E-state index contributed by atoms with van der Waals surface area (Å²) in [6, 6.07) is 7.63. The van der Waals surface area contributed by atoms with E-state index < -0.39 is 0 Å². The Bertz CT molecular complexity index is 892. The third kappa shape index (κ3) is 4.20. The summed E-state index contributed by atoms with van der Waals surface area (Å²) in [7, 11) is 0. The third-order valence-corrected chi connectivity index (χ3v) is 5.27. The van der Waals surface area contributed by atoms with Crippen LogP contribution in [0.5, 0.6) is 0 Å². The highest BCUT2D eigenvalue weighted by Gasteiger charge is 2.31. The van der Waals surface area contributed by atoms with Crippen LogP contribution in [0.15, 0.2) is 36.5 Å². The number of morpholine rings is 1. The van der Waals surface area contributed by atoms with E-state index in [1.165, 1.54) is 6.08 Å². The monoisotopic (exact) mass is 380 g/mol. The van der Waals surface area contributed by atoms with Crippen LogP contribution in [0.4, 0.5) is 0 Å². The molecule has 4 rings (SSSR count). The van der Waals surface area contributed by atoms with Crippen molar-refractivity contribution in [1.29, 1.82) is 0 Å². The van der Waals surface area contributed by atoms with Crippen molar-refractivity contribution in [3.63, 3.8) is 0 Å². The third-order valence-electron chi connectivity index (χ3n) is 5.27. The maximum atomic E-state index is 12.7. The minimum Gasteiger partial charge on any atom is -0.378 e. The Morgan fingerprint density at radius 1 is 1.07 bits per heavy atom. The Morgan fingerprint density at radius 3 is 2.68 bits per heavy atom. The average Bonchev–Trinajstić information content (AvgIpc) is 2.77. The maximum Gasteiger partial charge on any atom is 0.246 e. The molecule has 0 spiro atoms. The van der Waals surface area contributed by atoms with Crippen molar-refractivity contribution in [3.8, 4) is 0 Å². The number of carbonyl (C=O) groups excluding carboxylic acids is 2. The summed E-state index contributed by atoms with van der Waals surface area (Å²) in [6.07, 6.45) is 6.55. The molecular weight excluding hydrogens is 356 g/mol. The van der Waals surface area contributed by atoms with E-state index >= 15 is 0 Å². The molecule has 2 amide bonds. The Morgan fingerprint density at radius 2 is 1.86 bits per heavy atom. The molecule has 2 aliphatic rings. The Labute approximate surface area is 164 Å². The van der Waals surface area contributed by atoms with Crippen LogP contribution in [0.25, 0.3) is 17.1 Å². The van der Waals surface area contributed by atoms with Gasteiger partial charge in [-0.1, -0.05) is 12.1 Å². The quantitative estimate of drug-likeness (QED) is 0.758. The highest BCUT2D eigenvalue weighted by molar-refractivity contribution is 5.92. The van der Waals surface area contributed by atoms with Crippen molar-refractivity contribution in [2.75, 3.05) is 39.4 Å². The zero-order chi connectivity index (χ0) is 19.3. The molecule has 2 aromatic rings. The average molecular weight is 380 g/mol. The highest BCUT2D eigenvalue weighted by Crippen LogP contribution is 2.20. The largest absolute Gasteiger partial charge is 0.378 e. The highest BCUT2D eigenvalue weighted by atomic mass is 16.5. The number of ether oxygens (including phenoxy) is 1. The van der Waals surface area contributed by atoms with E-state index in [-0.39, 0.29) is 17.7 Å². The molecule has 28 heavy (non-hydrogen) atoms. The van der Waals surface area contributed by atoms with Gasteiger partial charge in [-0.25, -0.2) is 4.98 Å². The van der Waals surface area contributed by atoms with Crippen molar-refractivity contribution in [2.24, 2.45) is 5.92 Å². The minimum atomic E-state index is -0.121. The number of piperidine rings is 1. The van der Waals surface area contributed by atoms with Gasteiger partial charge in [0.2, 0.25) is 11.8 Å². The second-order valence-electron chi connectivity index (χ2n) is 7.18. The van der Waals surface area contributed by atoms with Crippen LogP contribution in [0.3, 0.4) is 0 Å². The smallest absolute Gasteiger partial charge is 0.246 e. The SMILES string of the molecule is O=C(/C=C/c1cnc2ccccc2n1)N1CCCC(C(=O)N2CCOCC2)C1. The first-order valence-electron chi connectivity index (χ1n) is 9.76. The van der Waals surface area contributed by atoms with Crippen molar-refractivity contribution >= 4 is 28.9 Å². The van der Waals surface area contributed by atoms with Crippen LogP contribution in [0.1, 0.15) is 18.5 Å². The van der Waals surface area contributed by atoms with Gasteiger partial charge in [0.05, 0.1) is 42.1 Å². The van der Waals surface area contributed by atoms with E-state index in [1.807, 2.05) is 29.2 Å². The molecule has 1 atom stereocenters. The molecule has 2 aliphatic heterocycles. The number of nitrogens with zero attached hydrogens (tertiary/aromatic N) is 4. The van der Waals surface area contributed by atoms with E-state index in [0.717, 1.165) is 23.9 Å². The van der Waals surface area contributed by atoms with E-state index in [9.17, 15) is 9.59 Å². The summed E-state index contributed by atoms with van der Waals surface area (Å²) in [5.74, 6) is -0.0655. The van der Waals surface area contributed by atoms with E-state index in [1.54, 1.807) is 17.2 Å². The van der Waals surface area contributed by atoms with Gasteiger partial charge < -0.3 is 14.5 Å². The summed E-state index contributed by atoms with van der Waals surface area (Å²) >= 11 is 0. The number of amides is 2. The Balaban J connectivity index is 1.39. The fraction of sp³-hybridized carbons (Fsp3) is 0.429. The number of rotatable bonds is 3. The summed E-state index contributed by atoms with van der Waals surface area (Å²) in [4.78, 5) is 37.8. The van der Waals surface area contributed by atoms with E-state index in [4.69, 9.17) is 4.74 Å². The molecule has 0 radical (unpaired) electrons. The molecule has 1 aromatic carbocycles. The standard InChI is InChI=1S/C21H24N4O3/c26-20(8-7-17-14-22-18-5-1-2-6-19(18)23-17)25-9-3-4-16(15-25)21(27)24-10-12-28-13-11-24/h1-2,5-8,14,16H,3-4,9-13,15H2/b8-7+. The van der Waals surface area contributed by atoms with Gasteiger partial charge in [-0.3, -0.25) is 14.6 Å². The predicted octanol–water partition coefficient (Wildman–Crippen LogP) is 1.74. The van der Waals surface area contributed by atoms with Gasteiger partial charge >= 0.3 is 0 Å².